The molecule has 1 aromatic heterocycles. The average Bonchev–Trinajstić information content (AvgIpc) is 2.70. The molecule has 1 heterocycles. The highest BCUT2D eigenvalue weighted by Gasteiger charge is 2.18. The topological polar surface area (TPSA) is 92.3 Å². The quantitative estimate of drug-likeness (QED) is 0.393. The molecule has 0 spiro atoms. The van der Waals surface area contributed by atoms with Gasteiger partial charge in [0.05, 0.1) is 29.7 Å². The molecule has 1 aromatic carbocycles. The summed E-state index contributed by atoms with van der Waals surface area (Å²) in [6.07, 6.45) is 0.124. The molecule has 0 aliphatic rings. The van der Waals surface area contributed by atoms with Crippen LogP contribution >= 0.6 is 34.8 Å². The number of hydrogen-bond donors (Lipinski definition) is 3. The smallest absolute Gasteiger partial charge is 0.269 e. The second-order valence-corrected chi connectivity index (χ2v) is 7.16. The van der Waals surface area contributed by atoms with Crippen LogP contribution in [0.15, 0.2) is 24.3 Å². The third kappa shape index (κ3) is 6.55. The van der Waals surface area contributed by atoms with Crippen molar-refractivity contribution in [2.45, 2.75) is 6.42 Å². The van der Waals surface area contributed by atoms with Crippen LogP contribution in [-0.4, -0.2) is 50.7 Å². The molecule has 2 aromatic rings. The fraction of sp³-hybridized carbons (Fsp3) is 0.316. The molecule has 0 bridgehead atoms. The number of rotatable bonds is 9. The van der Waals surface area contributed by atoms with Crippen LogP contribution in [0.3, 0.4) is 0 Å². The zero-order valence-electron chi connectivity index (χ0n) is 15.9. The number of carbonyl (C=O) groups excluding carboxylic acids is 2. The van der Waals surface area contributed by atoms with Gasteiger partial charge in [0.2, 0.25) is 5.91 Å². The van der Waals surface area contributed by atoms with Gasteiger partial charge < -0.3 is 20.7 Å². The van der Waals surface area contributed by atoms with E-state index in [4.69, 9.17) is 39.5 Å². The van der Waals surface area contributed by atoms with Crippen molar-refractivity contribution in [2.75, 3.05) is 39.2 Å². The van der Waals surface area contributed by atoms with Gasteiger partial charge in [-0.25, -0.2) is 4.98 Å². The molecule has 0 aliphatic carbocycles. The van der Waals surface area contributed by atoms with Gasteiger partial charge in [0.15, 0.2) is 0 Å². The van der Waals surface area contributed by atoms with E-state index in [2.05, 4.69) is 20.9 Å². The molecule has 0 saturated carbocycles. The molecule has 0 radical (unpaired) electrons. The van der Waals surface area contributed by atoms with E-state index in [1.807, 2.05) is 7.05 Å². The van der Waals surface area contributed by atoms with Crippen LogP contribution in [0.1, 0.15) is 16.9 Å². The first-order valence-electron chi connectivity index (χ1n) is 8.77. The maximum atomic E-state index is 12.4. The molecule has 7 nitrogen and oxygen atoms in total. The molecule has 0 saturated heterocycles. The van der Waals surface area contributed by atoms with E-state index in [0.29, 0.717) is 29.3 Å². The van der Waals surface area contributed by atoms with Gasteiger partial charge in [-0.3, -0.25) is 9.59 Å². The van der Waals surface area contributed by atoms with Gasteiger partial charge >= 0.3 is 0 Å². The number of hydrogen-bond acceptors (Lipinski definition) is 5. The lowest BCUT2D eigenvalue weighted by Gasteiger charge is -2.14. The van der Waals surface area contributed by atoms with Crippen molar-refractivity contribution in [3.8, 4) is 11.1 Å². The van der Waals surface area contributed by atoms with E-state index >= 15 is 0 Å². The minimum atomic E-state index is -0.391. The summed E-state index contributed by atoms with van der Waals surface area (Å²) in [7, 11) is 3.31. The van der Waals surface area contributed by atoms with Gasteiger partial charge in [-0.2, -0.15) is 0 Å². The Balaban J connectivity index is 2.33. The van der Waals surface area contributed by atoms with Crippen molar-refractivity contribution < 1.29 is 14.3 Å². The normalized spacial score (nSPS) is 10.7. The SMILES string of the molecule is CNCCOCCC(=O)Nc1nc(C(=O)NC)ccc1-c1cc(Cl)cc(Cl)c1Cl. The number of carbonyl (C=O) groups is 2. The van der Waals surface area contributed by atoms with Crippen LogP contribution in [0.25, 0.3) is 11.1 Å². The summed E-state index contributed by atoms with van der Waals surface area (Å²) in [5.74, 6) is -0.536. The van der Waals surface area contributed by atoms with Crippen LogP contribution < -0.4 is 16.0 Å². The predicted molar refractivity (Wildman–Crippen MR) is 116 cm³/mol. The number of likely N-dealkylation sites (N-methyl/N-ethyl adjacent to an activating group) is 1. The van der Waals surface area contributed by atoms with Crippen LogP contribution in [-0.2, 0) is 9.53 Å². The molecule has 10 heteroatoms. The molecule has 29 heavy (non-hydrogen) atoms. The Morgan fingerprint density at radius 2 is 1.83 bits per heavy atom. The Morgan fingerprint density at radius 1 is 1.07 bits per heavy atom. The number of pyridine rings is 1. The van der Waals surface area contributed by atoms with Gasteiger partial charge in [-0.05, 0) is 31.3 Å². The lowest BCUT2D eigenvalue weighted by atomic mass is 10.1. The van der Waals surface area contributed by atoms with Crippen molar-refractivity contribution in [3.05, 3.63) is 45.0 Å². The Labute approximate surface area is 184 Å². The molecular weight excluding hydrogens is 439 g/mol. The summed E-state index contributed by atoms with van der Waals surface area (Å²) in [6.45, 7) is 1.44. The third-order valence-corrected chi connectivity index (χ3v) is 4.89. The molecule has 0 unspecified atom stereocenters. The highest BCUT2D eigenvalue weighted by atomic mass is 35.5. The summed E-state index contributed by atoms with van der Waals surface area (Å²) in [5.41, 5.74) is 1.11. The van der Waals surface area contributed by atoms with Gasteiger partial charge in [-0.1, -0.05) is 34.8 Å². The van der Waals surface area contributed by atoms with Crippen molar-refractivity contribution in [2.24, 2.45) is 0 Å². The van der Waals surface area contributed by atoms with E-state index in [1.165, 1.54) is 19.2 Å². The third-order valence-electron chi connectivity index (χ3n) is 3.87. The highest BCUT2D eigenvalue weighted by Crippen LogP contribution is 2.39. The first-order valence-corrected chi connectivity index (χ1v) is 9.91. The second kappa shape index (κ2) is 11.3. The van der Waals surface area contributed by atoms with Crippen molar-refractivity contribution >= 4 is 52.4 Å². The summed E-state index contributed by atoms with van der Waals surface area (Å²) in [6, 6.07) is 6.28. The molecular formula is C19H21Cl3N4O3. The molecule has 3 N–H and O–H groups in total. The Morgan fingerprint density at radius 3 is 2.52 bits per heavy atom. The van der Waals surface area contributed by atoms with Gasteiger partial charge in [0.25, 0.3) is 5.91 Å². The lowest BCUT2D eigenvalue weighted by Crippen LogP contribution is -2.22. The zero-order chi connectivity index (χ0) is 21.4. The minimum absolute atomic E-state index is 0.124. The maximum absolute atomic E-state index is 12.4. The summed E-state index contributed by atoms with van der Waals surface area (Å²) in [4.78, 5) is 28.6. The van der Waals surface area contributed by atoms with E-state index in [1.54, 1.807) is 12.1 Å². The highest BCUT2D eigenvalue weighted by molar-refractivity contribution is 6.45. The molecule has 0 atom stereocenters. The van der Waals surface area contributed by atoms with Gasteiger partial charge in [-0.15, -0.1) is 0 Å². The largest absolute Gasteiger partial charge is 0.380 e. The standard InChI is InChI=1S/C19H21Cl3N4O3/c1-23-6-8-29-7-5-16(27)26-18-12(3-4-15(25-18)19(28)24-2)13-9-11(20)10-14(21)17(13)22/h3-4,9-10,23H,5-8H2,1-2H3,(H,24,28)(H,25,26,27). The number of amides is 2. The monoisotopic (exact) mass is 458 g/mol. The van der Waals surface area contributed by atoms with E-state index in [-0.39, 0.29) is 40.5 Å². The predicted octanol–water partition coefficient (Wildman–Crippen LogP) is 3.63. The number of benzene rings is 1. The Kier molecular flexibility index (Phi) is 9.13. The van der Waals surface area contributed by atoms with Crippen LogP contribution in [0.2, 0.25) is 15.1 Å². The zero-order valence-corrected chi connectivity index (χ0v) is 18.2. The number of anilines is 1. The number of halogens is 3. The molecule has 156 valence electrons. The number of nitrogens with zero attached hydrogens (tertiary/aromatic N) is 1. The second-order valence-electron chi connectivity index (χ2n) is 5.94. The van der Waals surface area contributed by atoms with Crippen molar-refractivity contribution in [1.82, 2.24) is 15.6 Å². The summed E-state index contributed by atoms with van der Waals surface area (Å²) >= 11 is 18.6. The van der Waals surface area contributed by atoms with E-state index in [9.17, 15) is 9.59 Å². The first-order chi connectivity index (χ1) is 13.9. The number of ether oxygens (including phenoxy) is 1. The Hall–Kier alpha value is -1.90. The van der Waals surface area contributed by atoms with Crippen molar-refractivity contribution in [3.63, 3.8) is 0 Å². The van der Waals surface area contributed by atoms with Gasteiger partial charge in [0.1, 0.15) is 11.5 Å². The summed E-state index contributed by atoms with van der Waals surface area (Å²) in [5, 5.41) is 9.06. The van der Waals surface area contributed by atoms with Crippen molar-refractivity contribution in [1.29, 1.82) is 0 Å². The Bertz CT molecular complexity index is 893. The number of aromatic nitrogens is 1. The maximum Gasteiger partial charge on any atom is 0.269 e. The van der Waals surface area contributed by atoms with Gasteiger partial charge in [0, 0.05) is 29.7 Å². The molecule has 2 rings (SSSR count). The minimum Gasteiger partial charge on any atom is -0.380 e. The fourth-order valence-corrected chi connectivity index (χ4v) is 3.12. The molecule has 0 aliphatic heterocycles. The van der Waals surface area contributed by atoms with E-state index < -0.39 is 5.91 Å². The number of nitrogens with one attached hydrogen (secondary N) is 3. The first kappa shape index (κ1) is 23.4. The van der Waals surface area contributed by atoms with E-state index in [0.717, 1.165) is 0 Å². The van der Waals surface area contributed by atoms with Crippen LogP contribution in [0.5, 0.6) is 0 Å². The van der Waals surface area contributed by atoms with Crippen LogP contribution in [0.4, 0.5) is 5.82 Å². The molecule has 0 fully saturated rings. The summed E-state index contributed by atoms with van der Waals surface area (Å²) < 4.78 is 5.36. The molecule has 2 amide bonds. The average molecular weight is 460 g/mol. The van der Waals surface area contributed by atoms with Crippen LogP contribution in [0, 0.1) is 0 Å². The lowest BCUT2D eigenvalue weighted by molar-refractivity contribution is -0.117. The fourth-order valence-electron chi connectivity index (χ4n) is 2.41.